The number of aliphatic hydroxyl groups is 3. The molecule has 2 aromatic rings. The van der Waals surface area contributed by atoms with Gasteiger partial charge in [-0.1, -0.05) is 5.16 Å². The van der Waals surface area contributed by atoms with Gasteiger partial charge in [0.15, 0.2) is 11.4 Å². The number of hydrogen-bond acceptors (Lipinski definition) is 11. The number of primary amides is 1. The summed E-state index contributed by atoms with van der Waals surface area (Å²) in [7, 11) is 6.78. The van der Waals surface area contributed by atoms with E-state index in [4.69, 9.17) is 10.3 Å². The normalized spacial score (nSPS) is 26.1. The Bertz CT molecular complexity index is 1490. The molecule has 1 amide bonds. The van der Waals surface area contributed by atoms with Gasteiger partial charge < -0.3 is 35.6 Å². The molecule has 1 fully saturated rings. The summed E-state index contributed by atoms with van der Waals surface area (Å²) in [5.41, 5.74) is 4.27. The first-order valence-electron chi connectivity index (χ1n) is 12.9. The molecule has 0 spiro atoms. The molecule has 212 valence electrons. The van der Waals surface area contributed by atoms with E-state index < -0.39 is 58.0 Å². The predicted octanol–water partition coefficient (Wildman–Crippen LogP) is 0.803. The number of hydrogen-bond donors (Lipinski definition) is 5. The van der Waals surface area contributed by atoms with E-state index in [1.165, 1.54) is 11.2 Å². The van der Waals surface area contributed by atoms with Gasteiger partial charge in [0.05, 0.1) is 17.3 Å². The lowest BCUT2D eigenvalue weighted by atomic mass is 9.57. The summed E-state index contributed by atoms with van der Waals surface area (Å²) in [5, 5.41) is 49.5. The Hall–Kier alpha value is -4.16. The van der Waals surface area contributed by atoms with E-state index in [1.54, 1.807) is 20.2 Å². The number of aliphatic hydroxyl groups excluding tert-OH is 2. The molecule has 6 N–H and O–H groups in total. The molecule has 1 aromatic heterocycles. The van der Waals surface area contributed by atoms with E-state index in [9.17, 15) is 34.8 Å². The zero-order valence-corrected chi connectivity index (χ0v) is 22.6. The average Bonchev–Trinajstić information content (AvgIpc) is 3.39. The Kier molecular flexibility index (Phi) is 6.50. The van der Waals surface area contributed by atoms with Gasteiger partial charge in [-0.25, -0.2) is 0 Å². The number of phenols is 1. The molecular weight excluding hydrogens is 520 g/mol. The van der Waals surface area contributed by atoms with Crippen molar-refractivity contribution in [2.24, 2.45) is 17.6 Å². The number of ketones is 2. The number of phenolic OH excluding ortho intramolecular Hbond substituents is 1. The van der Waals surface area contributed by atoms with Crippen molar-refractivity contribution in [2.75, 3.05) is 33.1 Å². The zero-order chi connectivity index (χ0) is 29.3. The van der Waals surface area contributed by atoms with Gasteiger partial charge in [-0.2, -0.15) is 0 Å². The molecule has 0 unspecified atom stereocenters. The number of likely N-dealkylation sites (N-methyl/N-ethyl adjacent to an activating group) is 1. The van der Waals surface area contributed by atoms with Crippen LogP contribution in [0.2, 0.25) is 0 Å². The van der Waals surface area contributed by atoms with Crippen LogP contribution in [0.25, 0.3) is 5.76 Å². The number of aromatic hydroxyl groups is 1. The summed E-state index contributed by atoms with van der Waals surface area (Å²) in [4.78, 5) is 42.7. The molecule has 4 atom stereocenters. The Morgan fingerprint density at radius 1 is 1.18 bits per heavy atom. The van der Waals surface area contributed by atoms with Crippen molar-refractivity contribution in [1.29, 1.82) is 0 Å². The van der Waals surface area contributed by atoms with Crippen LogP contribution in [-0.4, -0.2) is 87.8 Å². The molecule has 0 aliphatic heterocycles. The van der Waals surface area contributed by atoms with Gasteiger partial charge in [0.2, 0.25) is 5.78 Å². The second-order valence-corrected chi connectivity index (χ2v) is 11.1. The van der Waals surface area contributed by atoms with E-state index in [0.717, 1.165) is 5.69 Å². The zero-order valence-electron chi connectivity index (χ0n) is 22.6. The van der Waals surface area contributed by atoms with Gasteiger partial charge in [0.1, 0.15) is 29.1 Å². The number of benzene rings is 1. The Morgan fingerprint density at radius 3 is 2.45 bits per heavy atom. The van der Waals surface area contributed by atoms with Crippen molar-refractivity contribution < 1.29 is 39.3 Å². The number of aryl methyl sites for hydroxylation is 2. The lowest BCUT2D eigenvalue weighted by molar-refractivity contribution is -0.153. The fraction of sp³-hybridized carbons (Fsp3) is 0.429. The van der Waals surface area contributed by atoms with Gasteiger partial charge >= 0.3 is 0 Å². The highest BCUT2D eigenvalue weighted by Gasteiger charge is 2.64. The van der Waals surface area contributed by atoms with Crippen molar-refractivity contribution >= 4 is 28.9 Å². The molecule has 3 aliphatic rings. The van der Waals surface area contributed by atoms with Crippen molar-refractivity contribution in [2.45, 2.75) is 37.3 Å². The molecule has 1 aromatic carbocycles. The van der Waals surface area contributed by atoms with Crippen LogP contribution in [-0.2, 0) is 33.6 Å². The van der Waals surface area contributed by atoms with E-state index in [2.05, 4.69) is 5.16 Å². The third kappa shape index (κ3) is 3.81. The second kappa shape index (κ2) is 9.49. The number of nitrogens with zero attached hydrogens (tertiary/aromatic N) is 3. The molecule has 5 rings (SSSR count). The van der Waals surface area contributed by atoms with Crippen LogP contribution >= 0.6 is 0 Å². The van der Waals surface area contributed by atoms with Crippen LogP contribution in [0.15, 0.2) is 39.8 Å². The van der Waals surface area contributed by atoms with Crippen molar-refractivity contribution in [3.8, 4) is 5.75 Å². The number of carbonyl (C=O) groups is 3. The second-order valence-electron chi connectivity index (χ2n) is 11.1. The van der Waals surface area contributed by atoms with E-state index >= 15 is 0 Å². The Balaban J connectivity index is 1.69. The highest BCUT2D eigenvalue weighted by Crippen LogP contribution is 2.54. The molecule has 0 radical (unpaired) electrons. The quantitative estimate of drug-likeness (QED) is 0.319. The number of rotatable bonds is 6. The molecule has 0 saturated heterocycles. The number of amides is 1. The van der Waals surface area contributed by atoms with Gasteiger partial charge in [-0.05, 0) is 62.9 Å². The maximum Gasteiger partial charge on any atom is 0.255 e. The molecule has 1 saturated carbocycles. The molecule has 12 nitrogen and oxygen atoms in total. The number of carbonyl (C=O) groups excluding carboxylic acids is 3. The van der Waals surface area contributed by atoms with Gasteiger partial charge in [-0.15, -0.1) is 0 Å². The summed E-state index contributed by atoms with van der Waals surface area (Å²) in [5.74, 6) is -6.68. The van der Waals surface area contributed by atoms with Gasteiger partial charge in [-0.3, -0.25) is 19.3 Å². The predicted molar refractivity (Wildman–Crippen MR) is 142 cm³/mol. The smallest absolute Gasteiger partial charge is 0.255 e. The SMILES string of the molecule is CN(C)c1cc(CCc2ccon2)c(O)c2c1C[C@H]1C[C@H]3[C@@H](N(C)C)C(=O)C(C(N)=O)=C(O)[C@@]3(O)C(=O)C1=C2O. The van der Waals surface area contributed by atoms with Crippen molar-refractivity contribution in [3.05, 3.63) is 57.7 Å². The first-order valence-corrected chi connectivity index (χ1v) is 12.9. The largest absolute Gasteiger partial charge is 0.508 e. The standard InChI is InChI=1S/C28H32N4O8/c1-31(2)17-11-12(5-6-14-7-8-40-30-14)22(33)19-15(17)9-13-10-16-21(32(3)4)24(35)20(27(29)38)26(37)28(16,39)25(36)18(13)23(19)34/h7-8,11,13,16,21,33-34,37,39H,5-6,9-10H2,1-4H3,(H2,29,38)/t13-,16-,21+,28-/m0/s1. The molecule has 0 bridgehead atoms. The number of anilines is 1. The van der Waals surface area contributed by atoms with Gasteiger partial charge in [0.25, 0.3) is 5.91 Å². The highest BCUT2D eigenvalue weighted by atomic mass is 16.5. The molecule has 40 heavy (non-hydrogen) atoms. The summed E-state index contributed by atoms with van der Waals surface area (Å²) >= 11 is 0. The van der Waals surface area contributed by atoms with Crippen LogP contribution in [0.1, 0.15) is 28.8 Å². The number of Topliss-reactive ketones (excluding diaryl/α,β-unsaturated/α-hetero) is 2. The number of aromatic nitrogens is 1. The van der Waals surface area contributed by atoms with Crippen molar-refractivity contribution in [1.82, 2.24) is 10.1 Å². The first kappa shape index (κ1) is 27.4. The Morgan fingerprint density at radius 2 is 1.88 bits per heavy atom. The number of nitrogens with two attached hydrogens (primary N) is 1. The highest BCUT2D eigenvalue weighted by molar-refractivity contribution is 6.24. The van der Waals surface area contributed by atoms with Crippen LogP contribution in [0.3, 0.4) is 0 Å². The molecule has 1 heterocycles. The topological polar surface area (TPSA) is 191 Å². The maximum atomic E-state index is 14.0. The monoisotopic (exact) mass is 552 g/mol. The van der Waals surface area contributed by atoms with Gasteiger partial charge in [0, 0.05) is 37.3 Å². The fourth-order valence-electron chi connectivity index (χ4n) is 6.56. The lowest BCUT2D eigenvalue weighted by Gasteiger charge is -2.50. The van der Waals surface area contributed by atoms with Crippen molar-refractivity contribution in [3.63, 3.8) is 0 Å². The van der Waals surface area contributed by atoms with Crippen LogP contribution < -0.4 is 10.6 Å². The van der Waals surface area contributed by atoms with Crippen LogP contribution in [0, 0.1) is 11.8 Å². The third-order valence-corrected chi connectivity index (χ3v) is 8.40. The average molecular weight is 553 g/mol. The minimum absolute atomic E-state index is 0.0350. The summed E-state index contributed by atoms with van der Waals surface area (Å²) in [6.45, 7) is 0. The summed E-state index contributed by atoms with van der Waals surface area (Å²) < 4.78 is 4.88. The van der Waals surface area contributed by atoms with Crippen LogP contribution in [0.5, 0.6) is 5.75 Å². The van der Waals surface area contributed by atoms with E-state index in [-0.39, 0.29) is 29.7 Å². The van der Waals surface area contributed by atoms with E-state index in [1.807, 2.05) is 25.1 Å². The Labute approximate surface area is 230 Å². The van der Waals surface area contributed by atoms with E-state index in [0.29, 0.717) is 29.7 Å². The fourth-order valence-corrected chi connectivity index (χ4v) is 6.56. The third-order valence-electron chi connectivity index (χ3n) is 8.40. The molecular formula is C28H32N4O8. The lowest BCUT2D eigenvalue weighted by Crippen LogP contribution is -2.65. The minimum atomic E-state index is -2.67. The van der Waals surface area contributed by atoms with Crippen LogP contribution in [0.4, 0.5) is 5.69 Å². The number of fused-ring (bicyclic) bond motifs is 3. The molecule has 3 aliphatic carbocycles. The summed E-state index contributed by atoms with van der Waals surface area (Å²) in [6, 6.07) is 2.41. The first-order chi connectivity index (χ1) is 18.8. The summed E-state index contributed by atoms with van der Waals surface area (Å²) in [6.07, 6.45) is 2.51. The minimum Gasteiger partial charge on any atom is -0.508 e. The molecule has 12 heteroatoms. The maximum absolute atomic E-state index is 14.0.